The highest BCUT2D eigenvalue weighted by Gasteiger charge is 2.17. The van der Waals surface area contributed by atoms with Crippen LogP contribution in [-0.4, -0.2) is 36.1 Å². The molecule has 2 rings (SSSR count). The highest BCUT2D eigenvalue weighted by molar-refractivity contribution is 5.02. The smallest absolute Gasteiger partial charge is 0.0640 e. The molecule has 0 saturated heterocycles. The minimum Gasteiger partial charge on any atom is -0.385 e. The van der Waals surface area contributed by atoms with E-state index in [0.29, 0.717) is 12.1 Å². The molecule has 1 aliphatic rings. The molecule has 1 N–H and O–H groups in total. The van der Waals surface area contributed by atoms with Gasteiger partial charge in [0, 0.05) is 32.4 Å². The molecule has 4 nitrogen and oxygen atoms in total. The number of aromatic nitrogens is 2. The summed E-state index contributed by atoms with van der Waals surface area (Å²) in [7, 11) is 1.77. The van der Waals surface area contributed by atoms with E-state index in [1.807, 2.05) is 0 Å². The number of likely N-dealkylation sites (N-methyl/N-ethyl adjacent to an activating group) is 1. The van der Waals surface area contributed by atoms with E-state index in [4.69, 9.17) is 9.84 Å². The Kier molecular flexibility index (Phi) is 7.24. The summed E-state index contributed by atoms with van der Waals surface area (Å²) in [5, 5.41) is 8.40. The first-order valence-electron chi connectivity index (χ1n) is 8.59. The summed E-state index contributed by atoms with van der Waals surface area (Å²) in [6, 6.07) is 3.35. The number of hydrogen-bond donors (Lipinski definition) is 1. The van der Waals surface area contributed by atoms with E-state index in [-0.39, 0.29) is 0 Å². The van der Waals surface area contributed by atoms with Crippen molar-refractivity contribution < 1.29 is 4.74 Å². The Labute approximate surface area is 129 Å². The first-order valence-corrected chi connectivity index (χ1v) is 8.59. The largest absolute Gasteiger partial charge is 0.385 e. The van der Waals surface area contributed by atoms with Gasteiger partial charge < -0.3 is 10.1 Å². The lowest BCUT2D eigenvalue weighted by molar-refractivity contribution is 0.188. The van der Waals surface area contributed by atoms with Crippen molar-refractivity contribution in [1.82, 2.24) is 15.1 Å². The van der Waals surface area contributed by atoms with Crippen molar-refractivity contribution in [1.29, 1.82) is 0 Å². The highest BCUT2D eigenvalue weighted by Crippen LogP contribution is 2.27. The van der Waals surface area contributed by atoms with Crippen molar-refractivity contribution in [2.75, 3.05) is 20.3 Å². The van der Waals surface area contributed by atoms with E-state index in [1.165, 1.54) is 37.8 Å². The van der Waals surface area contributed by atoms with E-state index in [1.54, 1.807) is 7.11 Å². The number of ether oxygens (including phenoxy) is 1. The Morgan fingerprint density at radius 2 is 2.19 bits per heavy atom. The van der Waals surface area contributed by atoms with Crippen LogP contribution in [-0.2, 0) is 11.2 Å². The summed E-state index contributed by atoms with van der Waals surface area (Å²) in [5.74, 6) is 0. The van der Waals surface area contributed by atoms with Gasteiger partial charge in [-0.1, -0.05) is 26.2 Å². The standard InChI is InChI=1S/C17H31N3O/c1-3-18-15(8-7-13-21-2)14-16-11-12-20(19-16)17-9-5-4-6-10-17/h11-12,15,17-18H,3-10,13-14H2,1-2H3. The van der Waals surface area contributed by atoms with Crippen molar-refractivity contribution in [3.63, 3.8) is 0 Å². The molecule has 0 spiro atoms. The summed E-state index contributed by atoms with van der Waals surface area (Å²) < 4.78 is 7.37. The summed E-state index contributed by atoms with van der Waals surface area (Å²) in [4.78, 5) is 0. The molecule has 1 aliphatic carbocycles. The molecule has 1 saturated carbocycles. The number of rotatable bonds is 9. The molecule has 21 heavy (non-hydrogen) atoms. The summed E-state index contributed by atoms with van der Waals surface area (Å²) in [5.41, 5.74) is 1.23. The summed E-state index contributed by atoms with van der Waals surface area (Å²) in [6.07, 6.45) is 12.2. The van der Waals surface area contributed by atoms with E-state index in [0.717, 1.165) is 32.4 Å². The normalized spacial score (nSPS) is 18.0. The third-order valence-electron chi connectivity index (χ3n) is 4.46. The second-order valence-corrected chi connectivity index (χ2v) is 6.17. The van der Waals surface area contributed by atoms with Crippen LogP contribution in [0, 0.1) is 0 Å². The molecule has 0 aliphatic heterocycles. The molecule has 1 fully saturated rings. The van der Waals surface area contributed by atoms with Gasteiger partial charge in [0.05, 0.1) is 11.7 Å². The average molecular weight is 293 g/mol. The van der Waals surface area contributed by atoms with Crippen molar-refractivity contribution >= 4 is 0 Å². The summed E-state index contributed by atoms with van der Waals surface area (Å²) >= 11 is 0. The lowest BCUT2D eigenvalue weighted by atomic mass is 9.96. The molecule has 120 valence electrons. The second kappa shape index (κ2) is 9.21. The van der Waals surface area contributed by atoms with Gasteiger partial charge in [0.1, 0.15) is 0 Å². The van der Waals surface area contributed by atoms with Gasteiger partial charge in [0.25, 0.3) is 0 Å². The fourth-order valence-electron chi connectivity index (χ4n) is 3.33. The Balaban J connectivity index is 1.86. The van der Waals surface area contributed by atoms with Crippen molar-refractivity contribution in [3.05, 3.63) is 18.0 Å². The van der Waals surface area contributed by atoms with Gasteiger partial charge >= 0.3 is 0 Å². The maximum Gasteiger partial charge on any atom is 0.0640 e. The topological polar surface area (TPSA) is 39.1 Å². The van der Waals surface area contributed by atoms with Gasteiger partial charge in [-0.05, 0) is 38.3 Å². The third kappa shape index (κ3) is 5.44. The van der Waals surface area contributed by atoms with Gasteiger partial charge in [-0.2, -0.15) is 5.10 Å². The maximum absolute atomic E-state index is 5.16. The van der Waals surface area contributed by atoms with Crippen molar-refractivity contribution in [2.45, 2.75) is 70.4 Å². The Hall–Kier alpha value is -0.870. The van der Waals surface area contributed by atoms with Gasteiger partial charge in [-0.25, -0.2) is 0 Å². The van der Waals surface area contributed by atoms with E-state index >= 15 is 0 Å². The second-order valence-electron chi connectivity index (χ2n) is 6.17. The quantitative estimate of drug-likeness (QED) is 0.710. The van der Waals surface area contributed by atoms with Crippen molar-refractivity contribution in [2.24, 2.45) is 0 Å². The van der Waals surface area contributed by atoms with Gasteiger partial charge in [-0.3, -0.25) is 4.68 Å². The van der Waals surface area contributed by atoms with Crippen LogP contribution in [0.4, 0.5) is 0 Å². The molecule has 1 aromatic heterocycles. The predicted octanol–water partition coefficient (Wildman–Crippen LogP) is 3.34. The van der Waals surface area contributed by atoms with Crippen LogP contribution in [0.2, 0.25) is 0 Å². The van der Waals surface area contributed by atoms with Crippen LogP contribution in [0.15, 0.2) is 12.3 Å². The van der Waals surface area contributed by atoms with Crippen LogP contribution in [0.3, 0.4) is 0 Å². The monoisotopic (exact) mass is 293 g/mol. The Morgan fingerprint density at radius 3 is 2.90 bits per heavy atom. The number of nitrogens with zero attached hydrogens (tertiary/aromatic N) is 2. The minimum absolute atomic E-state index is 0.514. The molecule has 1 atom stereocenters. The lowest BCUT2D eigenvalue weighted by Gasteiger charge is -2.22. The molecule has 1 heterocycles. The fraction of sp³-hybridized carbons (Fsp3) is 0.824. The van der Waals surface area contributed by atoms with Crippen molar-refractivity contribution in [3.8, 4) is 0 Å². The number of hydrogen-bond acceptors (Lipinski definition) is 3. The molecule has 0 amide bonds. The minimum atomic E-state index is 0.514. The third-order valence-corrected chi connectivity index (χ3v) is 4.46. The first-order chi connectivity index (χ1) is 10.3. The molecule has 0 radical (unpaired) electrons. The predicted molar refractivity (Wildman–Crippen MR) is 86.6 cm³/mol. The molecule has 1 aromatic rings. The number of methoxy groups -OCH3 is 1. The summed E-state index contributed by atoms with van der Waals surface area (Å²) in [6.45, 7) is 4.03. The van der Waals surface area contributed by atoms with Crippen LogP contribution in [0.25, 0.3) is 0 Å². The highest BCUT2D eigenvalue weighted by atomic mass is 16.5. The SMILES string of the molecule is CCNC(CCCOC)Cc1ccn(C2CCCCC2)n1. The zero-order chi connectivity index (χ0) is 14.9. The van der Waals surface area contributed by atoms with Crippen LogP contribution in [0.5, 0.6) is 0 Å². The molecular formula is C17H31N3O. The lowest BCUT2D eigenvalue weighted by Crippen LogP contribution is -2.31. The van der Waals surface area contributed by atoms with Crippen LogP contribution >= 0.6 is 0 Å². The van der Waals surface area contributed by atoms with Crippen LogP contribution in [0.1, 0.15) is 63.6 Å². The molecule has 0 bridgehead atoms. The van der Waals surface area contributed by atoms with Crippen LogP contribution < -0.4 is 5.32 Å². The first kappa shape index (κ1) is 16.5. The maximum atomic E-state index is 5.16. The molecule has 0 aromatic carbocycles. The zero-order valence-corrected chi connectivity index (χ0v) is 13.7. The van der Waals surface area contributed by atoms with E-state index in [2.05, 4.69) is 29.2 Å². The van der Waals surface area contributed by atoms with Gasteiger partial charge in [0.2, 0.25) is 0 Å². The van der Waals surface area contributed by atoms with Gasteiger partial charge in [0.15, 0.2) is 0 Å². The van der Waals surface area contributed by atoms with Gasteiger partial charge in [-0.15, -0.1) is 0 Å². The molecule has 4 heteroatoms. The zero-order valence-electron chi connectivity index (χ0n) is 13.7. The Bertz CT molecular complexity index is 385. The Morgan fingerprint density at radius 1 is 1.38 bits per heavy atom. The number of nitrogens with one attached hydrogen (secondary N) is 1. The molecule has 1 unspecified atom stereocenters. The fourth-order valence-corrected chi connectivity index (χ4v) is 3.33. The van der Waals surface area contributed by atoms with E-state index in [9.17, 15) is 0 Å². The average Bonchev–Trinajstić information content (AvgIpc) is 2.97. The molecular weight excluding hydrogens is 262 g/mol. The van der Waals surface area contributed by atoms with E-state index < -0.39 is 0 Å².